The molecule has 28 heavy (non-hydrogen) atoms. The number of carbonyl (C=O) groups excluding carboxylic acids is 1. The largest absolute Gasteiger partial charge is 0.480 e. The number of nitrogens with zero attached hydrogens (tertiary/aromatic N) is 3. The van der Waals surface area contributed by atoms with Gasteiger partial charge in [-0.3, -0.25) is 19.5 Å². The van der Waals surface area contributed by atoms with Crippen molar-refractivity contribution in [2.45, 2.75) is 6.10 Å². The Kier molecular flexibility index (Phi) is 6.57. The van der Waals surface area contributed by atoms with E-state index < -0.39 is 5.97 Å². The number of benzene rings is 1. The summed E-state index contributed by atoms with van der Waals surface area (Å²) in [7, 11) is 1.72. The molecular weight excluding hydrogens is 362 g/mol. The zero-order chi connectivity index (χ0) is 19.9. The van der Waals surface area contributed by atoms with Gasteiger partial charge in [-0.05, 0) is 43.4 Å². The molecule has 0 radical (unpaired) electrons. The second kappa shape index (κ2) is 9.29. The van der Waals surface area contributed by atoms with Crippen LogP contribution in [0.1, 0.15) is 10.4 Å². The Morgan fingerprint density at radius 2 is 2.07 bits per heavy atom. The van der Waals surface area contributed by atoms with Crippen molar-refractivity contribution >= 4 is 11.9 Å². The molecule has 1 aliphatic heterocycles. The molecule has 0 saturated carbocycles. The first-order valence-corrected chi connectivity index (χ1v) is 9.00. The summed E-state index contributed by atoms with van der Waals surface area (Å²) >= 11 is 0. The normalized spacial score (nSPS) is 16.8. The number of hydrogen-bond donors (Lipinski definition) is 1. The van der Waals surface area contributed by atoms with Crippen molar-refractivity contribution in [3.8, 4) is 11.5 Å². The fraction of sp³-hybridized carbons (Fsp3) is 0.350. The maximum atomic E-state index is 12.8. The molecule has 8 heteroatoms. The minimum Gasteiger partial charge on any atom is -0.480 e. The zero-order valence-electron chi connectivity index (χ0n) is 15.7. The molecule has 0 bridgehead atoms. The maximum absolute atomic E-state index is 12.8. The molecule has 2 heterocycles. The third kappa shape index (κ3) is 5.51. The number of morpholine rings is 1. The molecule has 1 fully saturated rings. The summed E-state index contributed by atoms with van der Waals surface area (Å²) in [5.41, 5.74) is 0.568. The highest BCUT2D eigenvalue weighted by Gasteiger charge is 2.26. The van der Waals surface area contributed by atoms with Crippen LogP contribution in [0.15, 0.2) is 48.8 Å². The number of ether oxygens (including phenoxy) is 2. The van der Waals surface area contributed by atoms with Gasteiger partial charge < -0.3 is 19.5 Å². The zero-order valence-corrected chi connectivity index (χ0v) is 15.7. The topological polar surface area (TPSA) is 92.2 Å². The Bertz CT molecular complexity index is 797. The Morgan fingerprint density at radius 1 is 1.29 bits per heavy atom. The van der Waals surface area contributed by atoms with Gasteiger partial charge in [-0.15, -0.1) is 0 Å². The molecule has 0 unspecified atom stereocenters. The van der Waals surface area contributed by atoms with Gasteiger partial charge in [0.15, 0.2) is 0 Å². The van der Waals surface area contributed by atoms with E-state index >= 15 is 0 Å². The van der Waals surface area contributed by atoms with Gasteiger partial charge in [0.2, 0.25) is 0 Å². The average Bonchev–Trinajstić information content (AvgIpc) is 2.68. The van der Waals surface area contributed by atoms with Crippen LogP contribution >= 0.6 is 0 Å². The minimum atomic E-state index is -0.889. The van der Waals surface area contributed by atoms with Crippen LogP contribution in [-0.2, 0) is 9.53 Å². The Labute approximate surface area is 163 Å². The van der Waals surface area contributed by atoms with Gasteiger partial charge in [-0.25, -0.2) is 0 Å². The molecular formula is C20H23N3O5. The third-order valence-corrected chi connectivity index (χ3v) is 4.32. The van der Waals surface area contributed by atoms with Crippen LogP contribution in [-0.4, -0.2) is 77.7 Å². The summed E-state index contributed by atoms with van der Waals surface area (Å²) in [6.45, 7) is 1.75. The monoisotopic (exact) mass is 385 g/mol. The van der Waals surface area contributed by atoms with Crippen LogP contribution in [0.5, 0.6) is 11.5 Å². The summed E-state index contributed by atoms with van der Waals surface area (Å²) in [5, 5.41) is 8.86. The van der Waals surface area contributed by atoms with Crippen molar-refractivity contribution in [3.05, 3.63) is 54.4 Å². The lowest BCUT2D eigenvalue weighted by molar-refractivity contribution is -0.138. The van der Waals surface area contributed by atoms with Gasteiger partial charge in [-0.2, -0.15) is 0 Å². The van der Waals surface area contributed by atoms with Gasteiger partial charge in [0.25, 0.3) is 5.91 Å². The molecule has 1 amide bonds. The van der Waals surface area contributed by atoms with Crippen LogP contribution in [0.3, 0.4) is 0 Å². The van der Waals surface area contributed by atoms with Gasteiger partial charge in [-0.1, -0.05) is 0 Å². The first-order chi connectivity index (χ1) is 13.5. The van der Waals surface area contributed by atoms with E-state index in [2.05, 4.69) is 4.98 Å². The van der Waals surface area contributed by atoms with Gasteiger partial charge in [0, 0.05) is 31.4 Å². The van der Waals surface area contributed by atoms with Gasteiger partial charge >= 0.3 is 5.97 Å². The first kappa shape index (κ1) is 19.8. The van der Waals surface area contributed by atoms with Crippen molar-refractivity contribution in [2.75, 3.05) is 39.8 Å². The lowest BCUT2D eigenvalue weighted by Crippen LogP contribution is -2.49. The van der Waals surface area contributed by atoms with Crippen LogP contribution in [0, 0.1) is 0 Å². The number of likely N-dealkylation sites (N-methyl/N-ethyl adjacent to an activating group) is 1. The number of carboxylic acids is 1. The highest BCUT2D eigenvalue weighted by Crippen LogP contribution is 2.21. The summed E-state index contributed by atoms with van der Waals surface area (Å²) in [6, 6.07) is 10.6. The Morgan fingerprint density at radius 3 is 2.75 bits per heavy atom. The molecule has 3 rings (SSSR count). The lowest BCUT2D eigenvalue weighted by Gasteiger charge is -2.34. The summed E-state index contributed by atoms with van der Waals surface area (Å²) in [5.74, 6) is 0.282. The quantitative estimate of drug-likeness (QED) is 0.776. The van der Waals surface area contributed by atoms with Crippen LogP contribution in [0.2, 0.25) is 0 Å². The standard InChI is InChI=1S/C20H23N3O5/c1-22(14-19(24)25)12-18-13-23(9-10-27-18)20(26)15-4-6-16(7-5-15)28-17-3-2-8-21-11-17/h2-8,11,18H,9-10,12-14H2,1H3,(H,24,25)/t18-/m0/s1. The summed E-state index contributed by atoms with van der Waals surface area (Å²) in [4.78, 5) is 31.0. The molecule has 8 nitrogen and oxygen atoms in total. The average molecular weight is 385 g/mol. The number of carbonyl (C=O) groups is 2. The van der Waals surface area contributed by atoms with Gasteiger partial charge in [0.1, 0.15) is 11.5 Å². The molecule has 1 aromatic carbocycles. The van der Waals surface area contributed by atoms with E-state index in [9.17, 15) is 9.59 Å². The van der Waals surface area contributed by atoms with Crippen molar-refractivity contribution in [2.24, 2.45) is 0 Å². The van der Waals surface area contributed by atoms with Gasteiger partial charge in [0.05, 0.1) is 25.5 Å². The Balaban J connectivity index is 1.57. The first-order valence-electron chi connectivity index (χ1n) is 9.00. The Hall–Kier alpha value is -2.97. The molecule has 1 N–H and O–H groups in total. The molecule has 0 spiro atoms. The van der Waals surface area contributed by atoms with Crippen LogP contribution in [0.4, 0.5) is 0 Å². The number of amides is 1. The van der Waals surface area contributed by atoms with E-state index in [0.29, 0.717) is 43.3 Å². The number of carboxylic acid groups (broad SMARTS) is 1. The highest BCUT2D eigenvalue weighted by molar-refractivity contribution is 5.94. The molecule has 148 valence electrons. The van der Waals surface area contributed by atoms with Crippen molar-refractivity contribution in [1.82, 2.24) is 14.8 Å². The lowest BCUT2D eigenvalue weighted by atomic mass is 10.1. The van der Waals surface area contributed by atoms with Crippen LogP contribution < -0.4 is 4.74 Å². The van der Waals surface area contributed by atoms with E-state index in [1.165, 1.54) is 0 Å². The maximum Gasteiger partial charge on any atom is 0.317 e. The third-order valence-electron chi connectivity index (χ3n) is 4.32. The van der Waals surface area contributed by atoms with Crippen molar-refractivity contribution < 1.29 is 24.2 Å². The van der Waals surface area contributed by atoms with Crippen LogP contribution in [0.25, 0.3) is 0 Å². The van der Waals surface area contributed by atoms with Crippen molar-refractivity contribution in [1.29, 1.82) is 0 Å². The number of rotatable bonds is 7. The van der Waals surface area contributed by atoms with E-state index in [1.807, 2.05) is 0 Å². The second-order valence-corrected chi connectivity index (χ2v) is 6.65. The number of aromatic nitrogens is 1. The van der Waals surface area contributed by atoms with E-state index in [0.717, 1.165) is 0 Å². The SMILES string of the molecule is CN(CC(=O)O)C[C@H]1CN(C(=O)c2ccc(Oc3cccnc3)cc2)CCO1. The molecule has 2 aromatic rings. The molecule has 1 saturated heterocycles. The molecule has 1 atom stereocenters. The van der Waals surface area contributed by atoms with Crippen molar-refractivity contribution in [3.63, 3.8) is 0 Å². The molecule has 1 aromatic heterocycles. The number of aliphatic carboxylic acids is 1. The highest BCUT2D eigenvalue weighted by atomic mass is 16.5. The van der Waals surface area contributed by atoms with E-state index in [4.69, 9.17) is 14.6 Å². The molecule has 0 aliphatic carbocycles. The summed E-state index contributed by atoms with van der Waals surface area (Å²) in [6.07, 6.45) is 3.08. The number of pyridine rings is 1. The minimum absolute atomic E-state index is 0.0633. The smallest absolute Gasteiger partial charge is 0.317 e. The second-order valence-electron chi connectivity index (χ2n) is 6.65. The molecule has 1 aliphatic rings. The van der Waals surface area contributed by atoms with E-state index in [1.54, 1.807) is 65.6 Å². The fourth-order valence-corrected chi connectivity index (χ4v) is 3.05. The predicted molar refractivity (Wildman–Crippen MR) is 102 cm³/mol. The fourth-order valence-electron chi connectivity index (χ4n) is 3.05. The predicted octanol–water partition coefficient (Wildman–Crippen LogP) is 1.73. The van der Waals surface area contributed by atoms with E-state index in [-0.39, 0.29) is 18.6 Å². The summed E-state index contributed by atoms with van der Waals surface area (Å²) < 4.78 is 11.4. The number of hydrogen-bond acceptors (Lipinski definition) is 6.